The van der Waals surface area contributed by atoms with Gasteiger partial charge in [-0.1, -0.05) is 0 Å². The lowest BCUT2D eigenvalue weighted by molar-refractivity contribution is -0.137. The molecular formula is C11H10F3N3. The van der Waals surface area contributed by atoms with E-state index in [1.165, 1.54) is 12.1 Å². The molecule has 0 saturated carbocycles. The largest absolute Gasteiger partial charge is 0.416 e. The zero-order valence-corrected chi connectivity index (χ0v) is 8.88. The second kappa shape index (κ2) is 3.38. The molecule has 2 heterocycles. The highest BCUT2D eigenvalue weighted by Gasteiger charge is 2.31. The molecule has 1 N–H and O–H groups in total. The first-order chi connectivity index (χ1) is 8.05. The van der Waals surface area contributed by atoms with Gasteiger partial charge in [0.1, 0.15) is 0 Å². The lowest BCUT2D eigenvalue weighted by atomic mass is 10.2. The number of alkyl halides is 3. The first-order valence-electron chi connectivity index (χ1n) is 5.37. The molecule has 1 aromatic heterocycles. The Hall–Kier alpha value is -1.72. The molecule has 0 bridgehead atoms. The van der Waals surface area contributed by atoms with Gasteiger partial charge in [-0.2, -0.15) is 13.2 Å². The van der Waals surface area contributed by atoms with Crippen molar-refractivity contribution in [3.63, 3.8) is 0 Å². The molecule has 0 spiro atoms. The van der Waals surface area contributed by atoms with Crippen LogP contribution in [0.3, 0.4) is 0 Å². The third kappa shape index (κ3) is 1.64. The molecule has 3 rings (SSSR count). The summed E-state index contributed by atoms with van der Waals surface area (Å²) in [6, 6.07) is 3.66. The van der Waals surface area contributed by atoms with Crippen molar-refractivity contribution < 1.29 is 13.2 Å². The van der Waals surface area contributed by atoms with Gasteiger partial charge < -0.3 is 9.88 Å². The zero-order valence-electron chi connectivity index (χ0n) is 8.88. The van der Waals surface area contributed by atoms with Crippen molar-refractivity contribution in [2.75, 3.05) is 11.9 Å². The van der Waals surface area contributed by atoms with Crippen LogP contribution in [0.1, 0.15) is 12.0 Å². The third-order valence-electron chi connectivity index (χ3n) is 2.92. The van der Waals surface area contributed by atoms with Crippen LogP contribution in [0.4, 0.5) is 19.1 Å². The minimum absolute atomic E-state index is 0.544. The average Bonchev–Trinajstić information content (AvgIpc) is 2.65. The quantitative estimate of drug-likeness (QED) is 0.768. The first kappa shape index (κ1) is 10.4. The molecule has 0 aliphatic carbocycles. The fraction of sp³-hybridized carbons (Fsp3) is 0.364. The van der Waals surface area contributed by atoms with Crippen LogP contribution in [-0.2, 0) is 12.7 Å². The van der Waals surface area contributed by atoms with Crippen LogP contribution in [0, 0.1) is 0 Å². The maximum Gasteiger partial charge on any atom is 0.416 e. The number of nitrogens with one attached hydrogen (secondary N) is 1. The van der Waals surface area contributed by atoms with Crippen LogP contribution >= 0.6 is 0 Å². The van der Waals surface area contributed by atoms with Gasteiger partial charge in [0.15, 0.2) is 0 Å². The molecule has 0 saturated heterocycles. The Morgan fingerprint density at radius 1 is 1.29 bits per heavy atom. The summed E-state index contributed by atoms with van der Waals surface area (Å²) in [6.45, 7) is 1.52. The van der Waals surface area contributed by atoms with Gasteiger partial charge in [-0.15, -0.1) is 0 Å². The van der Waals surface area contributed by atoms with E-state index in [2.05, 4.69) is 10.3 Å². The smallest absolute Gasteiger partial charge is 0.356 e. The highest BCUT2D eigenvalue weighted by molar-refractivity contribution is 5.79. The Morgan fingerprint density at radius 2 is 2.12 bits per heavy atom. The summed E-state index contributed by atoms with van der Waals surface area (Å²) in [4.78, 5) is 4.26. The maximum atomic E-state index is 12.6. The molecule has 0 amide bonds. The van der Waals surface area contributed by atoms with E-state index in [0.717, 1.165) is 19.0 Å². The number of hydrogen-bond acceptors (Lipinski definition) is 2. The summed E-state index contributed by atoms with van der Waals surface area (Å²) in [5.41, 5.74) is 0.516. The SMILES string of the molecule is FC(F)(F)c1ccc2nc3n(c2c1)CCCN3. The number of nitrogens with zero attached hydrogens (tertiary/aromatic N) is 2. The number of anilines is 1. The number of imidazole rings is 1. The molecule has 17 heavy (non-hydrogen) atoms. The number of benzene rings is 1. The summed E-state index contributed by atoms with van der Waals surface area (Å²) in [6.07, 6.45) is -3.41. The van der Waals surface area contributed by atoms with Crippen LogP contribution in [0.2, 0.25) is 0 Å². The van der Waals surface area contributed by atoms with Gasteiger partial charge in [0.05, 0.1) is 16.6 Å². The van der Waals surface area contributed by atoms with E-state index in [1.807, 2.05) is 0 Å². The van der Waals surface area contributed by atoms with Crippen molar-refractivity contribution in [1.82, 2.24) is 9.55 Å². The highest BCUT2D eigenvalue weighted by atomic mass is 19.4. The molecule has 0 unspecified atom stereocenters. The summed E-state index contributed by atoms with van der Waals surface area (Å²) in [5, 5.41) is 3.08. The fourth-order valence-electron chi connectivity index (χ4n) is 2.10. The number of hydrogen-bond donors (Lipinski definition) is 1. The molecule has 6 heteroatoms. The number of fused-ring (bicyclic) bond motifs is 3. The van der Waals surface area contributed by atoms with Gasteiger partial charge >= 0.3 is 6.18 Å². The van der Waals surface area contributed by atoms with Crippen molar-refractivity contribution in [3.8, 4) is 0 Å². The van der Waals surface area contributed by atoms with Crippen molar-refractivity contribution in [3.05, 3.63) is 23.8 Å². The Labute approximate surface area is 95.3 Å². The molecule has 0 atom stereocenters. The van der Waals surface area contributed by atoms with E-state index in [-0.39, 0.29) is 0 Å². The summed E-state index contributed by atoms with van der Waals surface area (Å²) >= 11 is 0. The minimum Gasteiger partial charge on any atom is -0.356 e. The number of aryl methyl sites for hydroxylation is 1. The Bertz CT molecular complexity index is 571. The van der Waals surface area contributed by atoms with Crippen LogP contribution in [-0.4, -0.2) is 16.1 Å². The topological polar surface area (TPSA) is 29.9 Å². The summed E-state index contributed by atoms with van der Waals surface area (Å²) in [5.74, 6) is 0.658. The average molecular weight is 241 g/mol. The van der Waals surface area contributed by atoms with Crippen molar-refractivity contribution >= 4 is 17.0 Å². The third-order valence-corrected chi connectivity index (χ3v) is 2.92. The van der Waals surface area contributed by atoms with Crippen molar-refractivity contribution in [2.24, 2.45) is 0 Å². The standard InChI is InChI=1S/C11H10F3N3/c12-11(13,14)7-2-3-8-9(6-7)17-5-1-4-15-10(17)16-8/h2-3,6H,1,4-5H2,(H,15,16). The van der Waals surface area contributed by atoms with Crippen LogP contribution in [0.15, 0.2) is 18.2 Å². The van der Waals surface area contributed by atoms with Gasteiger partial charge in [0.2, 0.25) is 5.95 Å². The van der Waals surface area contributed by atoms with Gasteiger partial charge in [-0.25, -0.2) is 4.98 Å². The molecule has 0 radical (unpaired) electrons. The fourth-order valence-corrected chi connectivity index (χ4v) is 2.10. The number of rotatable bonds is 0. The lowest BCUT2D eigenvalue weighted by Crippen LogP contribution is -2.17. The number of aromatic nitrogens is 2. The van der Waals surface area contributed by atoms with Gasteiger partial charge in [0.25, 0.3) is 0 Å². The van der Waals surface area contributed by atoms with E-state index >= 15 is 0 Å². The lowest BCUT2D eigenvalue weighted by Gasteiger charge is -2.16. The van der Waals surface area contributed by atoms with Gasteiger partial charge in [-0.05, 0) is 24.6 Å². The maximum absolute atomic E-state index is 12.6. The second-order valence-electron chi connectivity index (χ2n) is 4.07. The molecular weight excluding hydrogens is 231 g/mol. The molecule has 1 aliphatic heterocycles. The van der Waals surface area contributed by atoms with Crippen molar-refractivity contribution in [1.29, 1.82) is 0 Å². The van der Waals surface area contributed by atoms with E-state index in [9.17, 15) is 13.2 Å². The molecule has 2 aromatic rings. The predicted octanol–water partition coefficient (Wildman–Crippen LogP) is 2.87. The second-order valence-corrected chi connectivity index (χ2v) is 4.07. The van der Waals surface area contributed by atoms with E-state index in [4.69, 9.17) is 0 Å². The minimum atomic E-state index is -4.30. The Morgan fingerprint density at radius 3 is 2.88 bits per heavy atom. The first-order valence-corrected chi connectivity index (χ1v) is 5.37. The Kier molecular flexibility index (Phi) is 2.08. The highest BCUT2D eigenvalue weighted by Crippen LogP contribution is 2.32. The number of halogens is 3. The monoisotopic (exact) mass is 241 g/mol. The van der Waals surface area contributed by atoms with Gasteiger partial charge in [-0.3, -0.25) is 0 Å². The summed E-state index contributed by atoms with van der Waals surface area (Å²) in [7, 11) is 0. The van der Waals surface area contributed by atoms with E-state index < -0.39 is 11.7 Å². The predicted molar refractivity (Wildman–Crippen MR) is 57.8 cm³/mol. The molecule has 1 aliphatic rings. The van der Waals surface area contributed by atoms with Crippen LogP contribution in [0.5, 0.6) is 0 Å². The normalized spacial score (nSPS) is 15.7. The summed E-state index contributed by atoms with van der Waals surface area (Å²) < 4.78 is 39.6. The van der Waals surface area contributed by atoms with Gasteiger partial charge in [0, 0.05) is 13.1 Å². The Balaban J connectivity index is 2.21. The molecule has 1 aromatic carbocycles. The van der Waals surface area contributed by atoms with E-state index in [0.29, 0.717) is 23.5 Å². The van der Waals surface area contributed by atoms with E-state index in [1.54, 1.807) is 4.57 Å². The molecule has 90 valence electrons. The van der Waals surface area contributed by atoms with Crippen molar-refractivity contribution in [2.45, 2.75) is 19.1 Å². The zero-order chi connectivity index (χ0) is 12.0. The molecule has 3 nitrogen and oxygen atoms in total. The van der Waals surface area contributed by atoms with Crippen LogP contribution in [0.25, 0.3) is 11.0 Å². The molecule has 0 fully saturated rings. The van der Waals surface area contributed by atoms with Crippen LogP contribution < -0.4 is 5.32 Å².